The molecule has 1 heterocycles. The third kappa shape index (κ3) is 7.49. The second-order valence-corrected chi connectivity index (χ2v) is 19.5. The summed E-state index contributed by atoms with van der Waals surface area (Å²) in [5.74, 6) is 0. The molecule has 0 saturated carbocycles. The highest BCUT2D eigenvalue weighted by molar-refractivity contribution is 6.06. The maximum absolute atomic E-state index is 6.31. The Labute approximate surface area is 437 Å². The fourth-order valence-electron chi connectivity index (χ4n) is 11.9. The zero-order valence-electron chi connectivity index (χ0n) is 41.1. The molecule has 0 saturated heterocycles. The summed E-state index contributed by atoms with van der Waals surface area (Å²) in [6.45, 7) is 0. The standard InChI is InChI=1S/C73H49NO/c1-5-18-52(19-6-1)62-46-38-55(48-67(62)53-20-7-2-8-21-53)50-32-40-59(41-33-50)74(60-42-34-51(35-43-60)56-39-47-65-64-26-14-16-31-70(64)75-71(65)49-56)61-44-36-54(37-45-61)63-28-17-30-69-72(63)66-27-13-15-29-68(66)73(69,57-22-9-3-10-23-57)58-24-11-4-12-25-58/h1-49H. The van der Waals surface area contributed by atoms with E-state index in [0.29, 0.717) is 0 Å². The molecule has 0 N–H and O–H groups in total. The molecule has 0 aliphatic heterocycles. The van der Waals surface area contributed by atoms with Gasteiger partial charge in [0.15, 0.2) is 0 Å². The molecule has 75 heavy (non-hydrogen) atoms. The zero-order chi connectivity index (χ0) is 49.7. The van der Waals surface area contributed by atoms with Crippen molar-refractivity contribution in [2.24, 2.45) is 0 Å². The Morgan fingerprint density at radius 3 is 1.32 bits per heavy atom. The van der Waals surface area contributed by atoms with Crippen molar-refractivity contribution in [1.82, 2.24) is 0 Å². The van der Waals surface area contributed by atoms with Gasteiger partial charge < -0.3 is 9.32 Å². The van der Waals surface area contributed by atoms with Crippen molar-refractivity contribution in [1.29, 1.82) is 0 Å². The van der Waals surface area contributed by atoms with Gasteiger partial charge in [-0.2, -0.15) is 0 Å². The molecule has 0 unspecified atom stereocenters. The van der Waals surface area contributed by atoms with Crippen LogP contribution in [0.3, 0.4) is 0 Å². The topological polar surface area (TPSA) is 16.4 Å². The Bertz CT molecular complexity index is 4140. The molecule has 0 spiro atoms. The van der Waals surface area contributed by atoms with Crippen LogP contribution in [0, 0.1) is 0 Å². The van der Waals surface area contributed by atoms with E-state index in [1.165, 1.54) is 72.3 Å². The van der Waals surface area contributed by atoms with E-state index in [-0.39, 0.29) is 0 Å². The van der Waals surface area contributed by atoms with Crippen molar-refractivity contribution in [3.05, 3.63) is 320 Å². The van der Waals surface area contributed by atoms with Gasteiger partial charge >= 0.3 is 0 Å². The largest absolute Gasteiger partial charge is 0.456 e. The normalized spacial score (nSPS) is 12.4. The Morgan fingerprint density at radius 1 is 0.253 bits per heavy atom. The second kappa shape index (κ2) is 18.4. The van der Waals surface area contributed by atoms with Gasteiger partial charge in [-0.3, -0.25) is 0 Å². The molecule has 0 fully saturated rings. The number of rotatable bonds is 10. The van der Waals surface area contributed by atoms with Gasteiger partial charge in [0.05, 0.1) is 5.41 Å². The molecule has 1 aromatic heterocycles. The van der Waals surface area contributed by atoms with Crippen molar-refractivity contribution in [3.63, 3.8) is 0 Å². The van der Waals surface area contributed by atoms with E-state index in [9.17, 15) is 0 Å². The van der Waals surface area contributed by atoms with Crippen molar-refractivity contribution < 1.29 is 4.42 Å². The highest BCUT2D eigenvalue weighted by Gasteiger charge is 2.46. The lowest BCUT2D eigenvalue weighted by molar-refractivity contribution is 0.669. The highest BCUT2D eigenvalue weighted by atomic mass is 16.3. The average molecular weight is 956 g/mol. The molecule has 0 bridgehead atoms. The summed E-state index contributed by atoms with van der Waals surface area (Å²) >= 11 is 0. The summed E-state index contributed by atoms with van der Waals surface area (Å²) in [6.07, 6.45) is 0. The third-order valence-electron chi connectivity index (χ3n) is 15.4. The molecule has 2 nitrogen and oxygen atoms in total. The molecule has 0 radical (unpaired) electrons. The maximum Gasteiger partial charge on any atom is 0.136 e. The predicted molar refractivity (Wildman–Crippen MR) is 313 cm³/mol. The third-order valence-corrected chi connectivity index (χ3v) is 15.4. The molecular formula is C73H49NO. The van der Waals surface area contributed by atoms with Gasteiger partial charge in [0.25, 0.3) is 0 Å². The fourth-order valence-corrected chi connectivity index (χ4v) is 11.9. The van der Waals surface area contributed by atoms with E-state index in [1.54, 1.807) is 0 Å². The minimum Gasteiger partial charge on any atom is -0.456 e. The van der Waals surface area contributed by atoms with Gasteiger partial charge in [-0.1, -0.05) is 237 Å². The van der Waals surface area contributed by atoms with E-state index < -0.39 is 5.41 Å². The van der Waals surface area contributed by atoms with Crippen LogP contribution in [0.15, 0.2) is 302 Å². The van der Waals surface area contributed by atoms with Gasteiger partial charge in [0.2, 0.25) is 0 Å². The number of benzene rings is 12. The van der Waals surface area contributed by atoms with E-state index >= 15 is 0 Å². The maximum atomic E-state index is 6.31. The number of fused-ring (bicyclic) bond motifs is 6. The molecule has 14 rings (SSSR count). The highest BCUT2D eigenvalue weighted by Crippen LogP contribution is 2.58. The SMILES string of the molecule is c1ccc(-c2ccc(-c3ccc(N(c4ccc(-c5ccc6c(c5)oc5ccccc56)cc4)c4ccc(-c5cccc6c5-c5ccccc5C6(c5ccccc5)c5ccccc5)cc4)cc3)cc2-c2ccccc2)cc1. The van der Waals surface area contributed by atoms with Gasteiger partial charge in [-0.25, -0.2) is 0 Å². The summed E-state index contributed by atoms with van der Waals surface area (Å²) in [5.41, 5.74) is 24.0. The van der Waals surface area contributed by atoms with Crippen molar-refractivity contribution in [3.8, 4) is 66.8 Å². The first-order valence-corrected chi connectivity index (χ1v) is 25.8. The quantitative estimate of drug-likeness (QED) is 0.136. The summed E-state index contributed by atoms with van der Waals surface area (Å²) in [7, 11) is 0. The average Bonchev–Trinajstić information content (AvgIpc) is 4.07. The van der Waals surface area contributed by atoms with Gasteiger partial charge in [0.1, 0.15) is 11.2 Å². The van der Waals surface area contributed by atoms with Crippen LogP contribution >= 0.6 is 0 Å². The summed E-state index contributed by atoms with van der Waals surface area (Å²) in [4.78, 5) is 2.37. The van der Waals surface area contributed by atoms with E-state index in [4.69, 9.17) is 4.42 Å². The number of furan rings is 1. The minimum atomic E-state index is -0.468. The van der Waals surface area contributed by atoms with Crippen LogP contribution in [0.4, 0.5) is 17.1 Å². The first-order valence-electron chi connectivity index (χ1n) is 25.8. The number of para-hydroxylation sites is 1. The van der Waals surface area contributed by atoms with E-state index in [1.807, 2.05) is 12.1 Å². The monoisotopic (exact) mass is 955 g/mol. The molecule has 352 valence electrons. The Kier molecular flexibility index (Phi) is 10.8. The van der Waals surface area contributed by atoms with E-state index in [0.717, 1.165) is 55.7 Å². The molecule has 0 amide bonds. The Balaban J connectivity index is 0.868. The van der Waals surface area contributed by atoms with Crippen LogP contribution in [0.2, 0.25) is 0 Å². The van der Waals surface area contributed by atoms with Crippen LogP contribution in [0.5, 0.6) is 0 Å². The number of hydrogen-bond acceptors (Lipinski definition) is 2. The first-order chi connectivity index (χ1) is 37.2. The van der Waals surface area contributed by atoms with Crippen LogP contribution in [-0.2, 0) is 5.41 Å². The molecule has 0 atom stereocenters. The minimum absolute atomic E-state index is 0.468. The van der Waals surface area contributed by atoms with Gasteiger partial charge in [-0.15, -0.1) is 0 Å². The van der Waals surface area contributed by atoms with Crippen LogP contribution in [0.1, 0.15) is 22.3 Å². The van der Waals surface area contributed by atoms with Crippen molar-refractivity contribution in [2.75, 3.05) is 4.90 Å². The zero-order valence-corrected chi connectivity index (χ0v) is 41.1. The predicted octanol–water partition coefficient (Wildman–Crippen LogP) is 19.8. The molecule has 1 aliphatic rings. The molecule has 13 aromatic rings. The molecule has 2 heteroatoms. The number of nitrogens with zero attached hydrogens (tertiary/aromatic N) is 1. The molecule has 1 aliphatic carbocycles. The lowest BCUT2D eigenvalue weighted by Crippen LogP contribution is -2.28. The molecule has 12 aromatic carbocycles. The molecular weight excluding hydrogens is 907 g/mol. The summed E-state index contributed by atoms with van der Waals surface area (Å²) in [5, 5.41) is 2.26. The summed E-state index contributed by atoms with van der Waals surface area (Å²) in [6, 6.07) is 108. The number of anilines is 3. The van der Waals surface area contributed by atoms with Crippen molar-refractivity contribution >= 4 is 39.0 Å². The Morgan fingerprint density at radius 2 is 0.693 bits per heavy atom. The number of hydrogen-bond donors (Lipinski definition) is 0. The van der Waals surface area contributed by atoms with Crippen molar-refractivity contribution in [2.45, 2.75) is 5.41 Å². The Hall–Kier alpha value is -9.76. The lowest BCUT2D eigenvalue weighted by atomic mass is 9.67. The van der Waals surface area contributed by atoms with Crippen LogP contribution in [0.25, 0.3) is 88.7 Å². The lowest BCUT2D eigenvalue weighted by Gasteiger charge is -2.34. The summed E-state index contributed by atoms with van der Waals surface area (Å²) < 4.78 is 6.31. The van der Waals surface area contributed by atoms with E-state index in [2.05, 4.69) is 290 Å². The van der Waals surface area contributed by atoms with Crippen LogP contribution < -0.4 is 4.90 Å². The first kappa shape index (κ1) is 44.0. The fraction of sp³-hybridized carbons (Fsp3) is 0.0137. The van der Waals surface area contributed by atoms with Crippen LogP contribution in [-0.4, -0.2) is 0 Å². The van der Waals surface area contributed by atoms with Gasteiger partial charge in [-0.05, 0) is 150 Å². The second-order valence-electron chi connectivity index (χ2n) is 19.5. The van der Waals surface area contributed by atoms with Gasteiger partial charge in [0, 0.05) is 27.8 Å². The smallest absolute Gasteiger partial charge is 0.136 e.